The Bertz CT molecular complexity index is 747. The predicted octanol–water partition coefficient (Wildman–Crippen LogP) is 4.71. The molecule has 0 unspecified atom stereocenters. The van der Waals surface area contributed by atoms with E-state index >= 15 is 0 Å². The first-order valence-corrected chi connectivity index (χ1v) is 8.11. The van der Waals surface area contributed by atoms with Crippen molar-refractivity contribution in [1.29, 1.82) is 0 Å². The highest BCUT2D eigenvalue weighted by atomic mass is 79.9. The van der Waals surface area contributed by atoms with Gasteiger partial charge >= 0.3 is 0 Å². The molecule has 6 heteroatoms. The average molecular weight is 396 g/mol. The van der Waals surface area contributed by atoms with Crippen LogP contribution in [0.3, 0.4) is 0 Å². The van der Waals surface area contributed by atoms with Crippen molar-refractivity contribution in [2.45, 2.75) is 13.8 Å². The lowest BCUT2D eigenvalue weighted by atomic mass is 9.90. The van der Waals surface area contributed by atoms with Gasteiger partial charge in [-0.25, -0.2) is 0 Å². The molecule has 23 heavy (non-hydrogen) atoms. The maximum absolute atomic E-state index is 12.5. The van der Waals surface area contributed by atoms with Gasteiger partial charge < -0.3 is 10.6 Å². The van der Waals surface area contributed by atoms with Gasteiger partial charge in [-0.1, -0.05) is 29.8 Å². The van der Waals surface area contributed by atoms with Crippen molar-refractivity contribution in [2.75, 3.05) is 10.6 Å². The molecular formula is C17H16BrClN2O2. The smallest absolute Gasteiger partial charge is 0.239 e. The monoisotopic (exact) mass is 394 g/mol. The van der Waals surface area contributed by atoms with E-state index in [4.69, 9.17) is 11.6 Å². The van der Waals surface area contributed by atoms with Gasteiger partial charge in [0.2, 0.25) is 11.8 Å². The Morgan fingerprint density at radius 3 is 2.30 bits per heavy atom. The summed E-state index contributed by atoms with van der Waals surface area (Å²) in [4.78, 5) is 24.9. The summed E-state index contributed by atoms with van der Waals surface area (Å²) < 4.78 is 0.749. The first-order valence-electron chi connectivity index (χ1n) is 6.93. The van der Waals surface area contributed by atoms with Gasteiger partial charge in [-0.05, 0) is 60.1 Å². The SMILES string of the molecule is CC(C)(C(=O)Nc1cccc(Cl)c1)C(=O)Nc1ccccc1Br. The molecule has 2 aromatic carbocycles. The van der Waals surface area contributed by atoms with Crippen molar-refractivity contribution in [3.63, 3.8) is 0 Å². The van der Waals surface area contributed by atoms with Crippen molar-refractivity contribution >= 4 is 50.7 Å². The summed E-state index contributed by atoms with van der Waals surface area (Å²) in [5.74, 6) is -0.812. The first-order chi connectivity index (χ1) is 10.8. The number of anilines is 2. The number of carbonyl (C=O) groups is 2. The third-order valence-electron chi connectivity index (χ3n) is 3.34. The topological polar surface area (TPSA) is 58.2 Å². The van der Waals surface area contributed by atoms with Gasteiger partial charge in [0.1, 0.15) is 5.41 Å². The summed E-state index contributed by atoms with van der Waals surface area (Å²) in [5, 5.41) is 5.98. The molecule has 0 aromatic heterocycles. The second-order valence-electron chi connectivity index (χ2n) is 5.52. The number of hydrogen-bond acceptors (Lipinski definition) is 2. The van der Waals surface area contributed by atoms with Crippen LogP contribution in [0.1, 0.15) is 13.8 Å². The van der Waals surface area contributed by atoms with Crippen LogP contribution in [0.5, 0.6) is 0 Å². The minimum absolute atomic E-state index is 0.399. The van der Waals surface area contributed by atoms with E-state index in [0.29, 0.717) is 16.4 Å². The van der Waals surface area contributed by atoms with E-state index in [9.17, 15) is 9.59 Å². The third kappa shape index (κ3) is 4.33. The Morgan fingerprint density at radius 1 is 1.00 bits per heavy atom. The number of hydrogen-bond donors (Lipinski definition) is 2. The molecule has 2 amide bonds. The van der Waals surface area contributed by atoms with Crippen LogP contribution in [0.15, 0.2) is 53.0 Å². The zero-order valence-corrected chi connectivity index (χ0v) is 15.0. The molecule has 0 fully saturated rings. The highest BCUT2D eigenvalue weighted by Crippen LogP contribution is 2.26. The maximum Gasteiger partial charge on any atom is 0.239 e. The largest absolute Gasteiger partial charge is 0.325 e. The fourth-order valence-corrected chi connectivity index (χ4v) is 2.37. The summed E-state index contributed by atoms with van der Waals surface area (Å²) in [6, 6.07) is 14.0. The molecule has 2 rings (SSSR count). The second kappa shape index (κ2) is 7.15. The zero-order chi connectivity index (χ0) is 17.0. The summed E-state index contributed by atoms with van der Waals surface area (Å²) in [5.41, 5.74) is -0.0946. The first kappa shape index (κ1) is 17.5. The molecule has 0 aliphatic rings. The molecule has 0 aliphatic heterocycles. The van der Waals surface area contributed by atoms with Crippen molar-refractivity contribution in [2.24, 2.45) is 5.41 Å². The van der Waals surface area contributed by atoms with Crippen LogP contribution in [0.25, 0.3) is 0 Å². The predicted molar refractivity (Wildman–Crippen MR) is 96.6 cm³/mol. The van der Waals surface area contributed by atoms with Gasteiger partial charge in [0.25, 0.3) is 0 Å². The molecular weight excluding hydrogens is 380 g/mol. The van der Waals surface area contributed by atoms with E-state index in [1.165, 1.54) is 0 Å². The Labute approximate surface area is 148 Å². The second-order valence-corrected chi connectivity index (χ2v) is 6.81. The van der Waals surface area contributed by atoms with E-state index in [1.807, 2.05) is 12.1 Å². The molecule has 2 aromatic rings. The number of halogens is 2. The van der Waals surface area contributed by atoms with Gasteiger partial charge in [0, 0.05) is 15.2 Å². The van der Waals surface area contributed by atoms with E-state index in [2.05, 4.69) is 26.6 Å². The van der Waals surface area contributed by atoms with Crippen molar-refractivity contribution in [1.82, 2.24) is 0 Å². The zero-order valence-electron chi connectivity index (χ0n) is 12.7. The Hall–Kier alpha value is -1.85. The Morgan fingerprint density at radius 2 is 1.65 bits per heavy atom. The van der Waals surface area contributed by atoms with Crippen molar-refractivity contribution in [3.05, 3.63) is 58.0 Å². The lowest BCUT2D eigenvalue weighted by Gasteiger charge is -2.23. The van der Waals surface area contributed by atoms with Gasteiger partial charge in [0.05, 0.1) is 5.69 Å². The van der Waals surface area contributed by atoms with E-state index < -0.39 is 17.2 Å². The van der Waals surface area contributed by atoms with Gasteiger partial charge in [-0.15, -0.1) is 0 Å². The highest BCUT2D eigenvalue weighted by molar-refractivity contribution is 9.10. The fourth-order valence-electron chi connectivity index (χ4n) is 1.80. The lowest BCUT2D eigenvalue weighted by molar-refractivity contribution is -0.135. The number of para-hydroxylation sites is 1. The summed E-state index contributed by atoms with van der Waals surface area (Å²) in [6.45, 7) is 3.14. The molecule has 0 saturated carbocycles. The van der Waals surface area contributed by atoms with Crippen LogP contribution >= 0.6 is 27.5 Å². The van der Waals surface area contributed by atoms with Crippen LogP contribution in [-0.2, 0) is 9.59 Å². The van der Waals surface area contributed by atoms with Gasteiger partial charge in [-0.2, -0.15) is 0 Å². The highest BCUT2D eigenvalue weighted by Gasteiger charge is 2.36. The van der Waals surface area contributed by atoms with Gasteiger partial charge in [0.15, 0.2) is 0 Å². The summed E-state index contributed by atoms with van der Waals surface area (Å²) >= 11 is 9.25. The normalized spacial score (nSPS) is 11.0. The van der Waals surface area contributed by atoms with Crippen LogP contribution in [0.2, 0.25) is 5.02 Å². The van der Waals surface area contributed by atoms with Crippen LogP contribution in [-0.4, -0.2) is 11.8 Å². The van der Waals surface area contributed by atoms with Crippen molar-refractivity contribution < 1.29 is 9.59 Å². The molecule has 120 valence electrons. The van der Waals surface area contributed by atoms with Crippen LogP contribution in [0, 0.1) is 5.41 Å². The molecule has 0 saturated heterocycles. The van der Waals surface area contributed by atoms with Crippen molar-refractivity contribution in [3.8, 4) is 0 Å². The van der Waals surface area contributed by atoms with Crippen LogP contribution < -0.4 is 10.6 Å². The number of benzene rings is 2. The number of nitrogens with one attached hydrogen (secondary N) is 2. The lowest BCUT2D eigenvalue weighted by Crippen LogP contribution is -2.41. The fraction of sp³-hybridized carbons (Fsp3) is 0.176. The number of carbonyl (C=O) groups excluding carboxylic acids is 2. The van der Waals surface area contributed by atoms with E-state index in [-0.39, 0.29) is 0 Å². The molecule has 0 radical (unpaired) electrons. The molecule has 2 N–H and O–H groups in total. The van der Waals surface area contributed by atoms with E-state index in [0.717, 1.165) is 4.47 Å². The molecule has 0 aliphatic carbocycles. The summed E-state index contributed by atoms with van der Waals surface area (Å²) in [6.07, 6.45) is 0. The Balaban J connectivity index is 2.11. The quantitative estimate of drug-likeness (QED) is 0.737. The third-order valence-corrected chi connectivity index (χ3v) is 4.27. The maximum atomic E-state index is 12.5. The average Bonchev–Trinajstić information content (AvgIpc) is 2.49. The number of amides is 2. The standard InChI is InChI=1S/C17H16BrClN2O2/c1-17(2,15(22)20-12-7-5-6-11(19)10-12)16(23)21-14-9-4-3-8-13(14)18/h3-10H,1-2H3,(H,20,22)(H,21,23). The molecule has 4 nitrogen and oxygen atoms in total. The van der Waals surface area contributed by atoms with Crippen LogP contribution in [0.4, 0.5) is 11.4 Å². The molecule has 0 spiro atoms. The van der Waals surface area contributed by atoms with E-state index in [1.54, 1.807) is 50.2 Å². The number of rotatable bonds is 4. The molecule has 0 heterocycles. The molecule has 0 bridgehead atoms. The Kier molecular flexibility index (Phi) is 5.44. The summed E-state index contributed by atoms with van der Waals surface area (Å²) in [7, 11) is 0. The van der Waals surface area contributed by atoms with Gasteiger partial charge in [-0.3, -0.25) is 9.59 Å². The molecule has 0 atom stereocenters. The minimum Gasteiger partial charge on any atom is -0.325 e. The minimum atomic E-state index is -1.25.